The van der Waals surface area contributed by atoms with Crippen LogP contribution in [0.5, 0.6) is 0 Å². The molecule has 0 aliphatic rings. The number of aryl methyl sites for hydroxylation is 1. The van der Waals surface area contributed by atoms with Gasteiger partial charge in [0.25, 0.3) is 0 Å². The zero-order valence-electron chi connectivity index (χ0n) is 9.96. The van der Waals surface area contributed by atoms with Crippen molar-refractivity contribution in [3.05, 3.63) is 29.3 Å². The summed E-state index contributed by atoms with van der Waals surface area (Å²) >= 11 is 1.54. The topological polar surface area (TPSA) is 88.5 Å². The second-order valence-corrected chi connectivity index (χ2v) is 4.90. The van der Waals surface area contributed by atoms with Crippen molar-refractivity contribution in [3.63, 3.8) is 0 Å². The van der Waals surface area contributed by atoms with Gasteiger partial charge in [0.1, 0.15) is 0 Å². The van der Waals surface area contributed by atoms with Crippen LogP contribution in [0.3, 0.4) is 0 Å². The Labute approximate surface area is 113 Å². The fraction of sp³-hybridized carbons (Fsp3) is 0.250. The minimum absolute atomic E-state index is 0.208. The number of carbonyl (C=O) groups is 2. The van der Waals surface area contributed by atoms with Crippen molar-refractivity contribution < 1.29 is 19.5 Å². The number of hydrogen-bond acceptors (Lipinski definition) is 5. The summed E-state index contributed by atoms with van der Waals surface area (Å²) in [6.07, 6.45) is 0.709. The monoisotopic (exact) mass is 280 g/mol. The quantitative estimate of drug-likeness (QED) is 0.780. The summed E-state index contributed by atoms with van der Waals surface area (Å²) in [5.41, 5.74) is 3.00. The first kappa shape index (κ1) is 13.4. The molecule has 6 nitrogen and oxygen atoms in total. The molecule has 0 unspecified atom stereocenters. The minimum Gasteiger partial charge on any atom is -0.479 e. The van der Waals surface area contributed by atoms with Gasteiger partial charge >= 0.3 is 5.97 Å². The molecule has 2 N–H and O–H groups in total. The first-order valence-corrected chi connectivity index (χ1v) is 6.43. The van der Waals surface area contributed by atoms with Crippen molar-refractivity contribution >= 4 is 33.4 Å². The molecule has 2 rings (SSSR count). The Hall–Kier alpha value is -1.99. The second-order valence-electron chi connectivity index (χ2n) is 3.78. The lowest BCUT2D eigenvalue weighted by molar-refractivity contribution is -0.149. The SMILES string of the molecule is O=C(O)CONC(=O)CCc1nc2ccccc2s1. The highest BCUT2D eigenvalue weighted by atomic mass is 32.1. The molecule has 1 amide bonds. The van der Waals surface area contributed by atoms with Crippen molar-refractivity contribution in [1.82, 2.24) is 10.5 Å². The summed E-state index contributed by atoms with van der Waals surface area (Å²) in [5, 5.41) is 9.20. The summed E-state index contributed by atoms with van der Waals surface area (Å²) in [6, 6.07) is 7.76. The number of aliphatic carboxylic acids is 1. The number of benzene rings is 1. The lowest BCUT2D eigenvalue weighted by Gasteiger charge is -2.02. The summed E-state index contributed by atoms with van der Waals surface area (Å²) < 4.78 is 1.08. The van der Waals surface area contributed by atoms with E-state index >= 15 is 0 Å². The van der Waals surface area contributed by atoms with Gasteiger partial charge in [-0.1, -0.05) is 12.1 Å². The van der Waals surface area contributed by atoms with Gasteiger partial charge in [-0.2, -0.15) is 0 Å². The van der Waals surface area contributed by atoms with E-state index in [4.69, 9.17) is 5.11 Å². The Morgan fingerprint density at radius 3 is 2.89 bits per heavy atom. The molecular formula is C12H12N2O4S. The van der Waals surface area contributed by atoms with E-state index in [-0.39, 0.29) is 12.3 Å². The fourth-order valence-corrected chi connectivity index (χ4v) is 2.44. The van der Waals surface area contributed by atoms with E-state index in [1.54, 1.807) is 11.3 Å². The van der Waals surface area contributed by atoms with Crippen LogP contribution in [0.1, 0.15) is 11.4 Å². The van der Waals surface area contributed by atoms with Crippen LogP contribution >= 0.6 is 11.3 Å². The summed E-state index contributed by atoms with van der Waals surface area (Å²) in [7, 11) is 0. The first-order chi connectivity index (χ1) is 9.15. The molecule has 100 valence electrons. The Morgan fingerprint density at radius 1 is 1.37 bits per heavy atom. The van der Waals surface area contributed by atoms with Crippen LogP contribution in [-0.4, -0.2) is 28.6 Å². The van der Waals surface area contributed by atoms with Gasteiger partial charge in [-0.05, 0) is 12.1 Å². The van der Waals surface area contributed by atoms with Crippen LogP contribution in [0.2, 0.25) is 0 Å². The number of rotatable bonds is 6. The van der Waals surface area contributed by atoms with E-state index < -0.39 is 12.6 Å². The average Bonchev–Trinajstić information content (AvgIpc) is 2.78. The number of aromatic nitrogens is 1. The number of hydrogen-bond donors (Lipinski definition) is 2. The van der Waals surface area contributed by atoms with E-state index in [0.717, 1.165) is 15.2 Å². The number of nitrogens with zero attached hydrogens (tertiary/aromatic N) is 1. The number of hydroxylamine groups is 1. The van der Waals surface area contributed by atoms with Crippen molar-refractivity contribution in [2.24, 2.45) is 0 Å². The molecule has 7 heteroatoms. The molecule has 0 radical (unpaired) electrons. The van der Waals surface area contributed by atoms with Gasteiger partial charge in [-0.3, -0.25) is 9.63 Å². The summed E-state index contributed by atoms with van der Waals surface area (Å²) in [5.74, 6) is -1.49. The van der Waals surface area contributed by atoms with Crippen LogP contribution in [-0.2, 0) is 20.8 Å². The lowest BCUT2D eigenvalue weighted by Crippen LogP contribution is -2.26. The highest BCUT2D eigenvalue weighted by Gasteiger charge is 2.07. The number of carboxylic acid groups (broad SMARTS) is 1. The van der Waals surface area contributed by atoms with E-state index in [1.165, 1.54) is 0 Å². The maximum atomic E-state index is 11.4. The van der Waals surface area contributed by atoms with E-state index in [0.29, 0.717) is 6.42 Å². The Kier molecular flexibility index (Phi) is 4.43. The maximum absolute atomic E-state index is 11.4. The molecule has 1 heterocycles. The largest absolute Gasteiger partial charge is 0.479 e. The Morgan fingerprint density at radius 2 is 2.16 bits per heavy atom. The third kappa shape index (κ3) is 4.01. The molecule has 0 aliphatic heterocycles. The van der Waals surface area contributed by atoms with Crippen LogP contribution < -0.4 is 5.48 Å². The number of nitrogens with one attached hydrogen (secondary N) is 1. The molecule has 0 aliphatic carbocycles. The molecule has 0 spiro atoms. The van der Waals surface area contributed by atoms with Gasteiger partial charge in [0.2, 0.25) is 5.91 Å². The van der Waals surface area contributed by atoms with Crippen LogP contribution in [0.25, 0.3) is 10.2 Å². The predicted octanol–water partition coefficient (Wildman–Crippen LogP) is 1.36. The van der Waals surface area contributed by atoms with Gasteiger partial charge in [0.05, 0.1) is 15.2 Å². The van der Waals surface area contributed by atoms with E-state index in [2.05, 4.69) is 15.3 Å². The molecule has 19 heavy (non-hydrogen) atoms. The highest BCUT2D eigenvalue weighted by molar-refractivity contribution is 7.18. The molecule has 2 aromatic rings. The van der Waals surface area contributed by atoms with Crippen molar-refractivity contribution in [2.45, 2.75) is 12.8 Å². The van der Waals surface area contributed by atoms with Gasteiger partial charge in [-0.15, -0.1) is 11.3 Å². The third-order valence-electron chi connectivity index (χ3n) is 2.29. The molecular weight excluding hydrogens is 268 g/mol. The third-order valence-corrected chi connectivity index (χ3v) is 3.38. The Balaban J connectivity index is 1.81. The highest BCUT2D eigenvalue weighted by Crippen LogP contribution is 2.22. The van der Waals surface area contributed by atoms with Crippen LogP contribution in [0, 0.1) is 0 Å². The average molecular weight is 280 g/mol. The van der Waals surface area contributed by atoms with Gasteiger partial charge in [-0.25, -0.2) is 15.3 Å². The van der Waals surface area contributed by atoms with Gasteiger partial charge in [0, 0.05) is 12.8 Å². The number of carboxylic acids is 1. The zero-order valence-corrected chi connectivity index (χ0v) is 10.8. The standard InChI is InChI=1S/C12H12N2O4S/c15-10(14-18-7-12(16)17)5-6-11-13-8-3-1-2-4-9(8)19-11/h1-4H,5-7H2,(H,14,15)(H,16,17). The normalized spacial score (nSPS) is 10.5. The smallest absolute Gasteiger partial charge is 0.332 e. The number of para-hydroxylation sites is 1. The molecule has 1 aromatic carbocycles. The van der Waals surface area contributed by atoms with Crippen molar-refractivity contribution in [3.8, 4) is 0 Å². The van der Waals surface area contributed by atoms with Crippen LogP contribution in [0.4, 0.5) is 0 Å². The molecule has 0 saturated heterocycles. The predicted molar refractivity (Wildman–Crippen MR) is 69.7 cm³/mol. The summed E-state index contributed by atoms with van der Waals surface area (Å²) in [6.45, 7) is -0.549. The van der Waals surface area contributed by atoms with E-state index in [9.17, 15) is 9.59 Å². The number of thiazole rings is 1. The molecule has 1 aromatic heterocycles. The molecule has 0 saturated carbocycles. The Bertz CT molecular complexity index is 563. The first-order valence-electron chi connectivity index (χ1n) is 5.62. The van der Waals surface area contributed by atoms with Gasteiger partial charge < -0.3 is 5.11 Å². The van der Waals surface area contributed by atoms with E-state index in [1.807, 2.05) is 24.3 Å². The van der Waals surface area contributed by atoms with Crippen LogP contribution in [0.15, 0.2) is 24.3 Å². The fourth-order valence-electron chi connectivity index (χ4n) is 1.48. The molecule has 0 atom stereocenters. The number of fused-ring (bicyclic) bond motifs is 1. The number of amides is 1. The lowest BCUT2D eigenvalue weighted by atomic mass is 10.3. The van der Waals surface area contributed by atoms with Crippen molar-refractivity contribution in [1.29, 1.82) is 0 Å². The van der Waals surface area contributed by atoms with Gasteiger partial charge in [0.15, 0.2) is 6.61 Å². The number of carbonyl (C=O) groups excluding carboxylic acids is 1. The zero-order chi connectivity index (χ0) is 13.7. The minimum atomic E-state index is -1.13. The maximum Gasteiger partial charge on any atom is 0.332 e. The molecule has 0 bridgehead atoms. The molecule has 0 fully saturated rings. The summed E-state index contributed by atoms with van der Waals surface area (Å²) in [4.78, 5) is 30.4. The van der Waals surface area contributed by atoms with Crippen molar-refractivity contribution in [2.75, 3.05) is 6.61 Å². The second kappa shape index (κ2) is 6.26.